The van der Waals surface area contributed by atoms with Crippen LogP contribution in [0.2, 0.25) is 0 Å². The largest absolute Gasteiger partial charge is 0.348 e. The monoisotopic (exact) mass is 376 g/mol. The summed E-state index contributed by atoms with van der Waals surface area (Å²) in [5.41, 5.74) is 3.46. The van der Waals surface area contributed by atoms with Gasteiger partial charge in [0, 0.05) is 24.2 Å². The number of nitrogens with one attached hydrogen (secondary N) is 2. The van der Waals surface area contributed by atoms with Crippen molar-refractivity contribution in [1.29, 1.82) is 0 Å². The molecule has 1 aliphatic rings. The van der Waals surface area contributed by atoms with Crippen LogP contribution in [-0.4, -0.2) is 34.8 Å². The fourth-order valence-corrected chi connectivity index (χ4v) is 3.16. The van der Waals surface area contributed by atoms with Crippen LogP contribution in [0.4, 0.5) is 0 Å². The van der Waals surface area contributed by atoms with Crippen molar-refractivity contribution in [1.82, 2.24) is 20.4 Å². The number of carbonyl (C=O) groups excluding carboxylic acids is 1. The predicted molar refractivity (Wildman–Crippen MR) is 108 cm³/mol. The SMILES string of the molecule is Cc1ccc(-n2cc(C(=O)NC3CCCNC3)c(C(C)(C)C)n2)cc1.Cl. The lowest BCUT2D eigenvalue weighted by Gasteiger charge is -2.24. The Morgan fingerprint density at radius 2 is 1.96 bits per heavy atom. The average molecular weight is 377 g/mol. The van der Waals surface area contributed by atoms with Gasteiger partial charge in [-0.15, -0.1) is 12.4 Å². The van der Waals surface area contributed by atoms with Gasteiger partial charge in [0.1, 0.15) is 0 Å². The maximum atomic E-state index is 12.9. The molecule has 26 heavy (non-hydrogen) atoms. The summed E-state index contributed by atoms with van der Waals surface area (Å²) in [7, 11) is 0. The van der Waals surface area contributed by atoms with E-state index in [2.05, 4.69) is 50.5 Å². The number of aryl methyl sites for hydroxylation is 1. The molecule has 2 heterocycles. The van der Waals surface area contributed by atoms with E-state index in [1.54, 1.807) is 0 Å². The maximum Gasteiger partial charge on any atom is 0.255 e. The standard InChI is InChI=1S/C20H28N4O.ClH/c1-14-7-9-16(10-8-14)24-13-17(18(23-24)20(2,3)4)19(25)22-15-6-5-11-21-12-15;/h7-10,13,15,21H,5-6,11-12H2,1-4H3,(H,22,25);1H. The van der Waals surface area contributed by atoms with Crippen LogP contribution in [0.25, 0.3) is 5.69 Å². The van der Waals surface area contributed by atoms with E-state index in [4.69, 9.17) is 5.10 Å². The first-order valence-electron chi connectivity index (χ1n) is 9.03. The zero-order valence-electron chi connectivity index (χ0n) is 16.0. The number of rotatable bonds is 3. The number of benzene rings is 1. The van der Waals surface area contributed by atoms with Crippen molar-refractivity contribution in [3.05, 3.63) is 47.3 Å². The van der Waals surface area contributed by atoms with Gasteiger partial charge < -0.3 is 10.6 Å². The van der Waals surface area contributed by atoms with Gasteiger partial charge in [0.15, 0.2) is 0 Å². The van der Waals surface area contributed by atoms with Crippen LogP contribution in [0, 0.1) is 6.92 Å². The zero-order valence-corrected chi connectivity index (χ0v) is 16.8. The molecule has 1 atom stereocenters. The first kappa shape index (κ1) is 20.5. The van der Waals surface area contributed by atoms with E-state index in [9.17, 15) is 4.79 Å². The normalized spacial score (nSPS) is 17.5. The van der Waals surface area contributed by atoms with Gasteiger partial charge in [-0.05, 0) is 38.4 Å². The summed E-state index contributed by atoms with van der Waals surface area (Å²) >= 11 is 0. The average Bonchev–Trinajstić information content (AvgIpc) is 3.02. The van der Waals surface area contributed by atoms with E-state index in [-0.39, 0.29) is 29.8 Å². The van der Waals surface area contributed by atoms with Gasteiger partial charge in [-0.2, -0.15) is 5.10 Å². The number of piperidine rings is 1. The molecule has 2 N–H and O–H groups in total. The second kappa shape index (κ2) is 8.23. The van der Waals surface area contributed by atoms with Crippen LogP contribution in [0.5, 0.6) is 0 Å². The summed E-state index contributed by atoms with van der Waals surface area (Å²) in [6, 6.07) is 8.36. The van der Waals surface area contributed by atoms with Gasteiger partial charge in [0.05, 0.1) is 16.9 Å². The topological polar surface area (TPSA) is 59.0 Å². The van der Waals surface area contributed by atoms with Crippen LogP contribution >= 0.6 is 12.4 Å². The Labute approximate surface area is 162 Å². The van der Waals surface area contributed by atoms with Crippen molar-refractivity contribution < 1.29 is 4.79 Å². The van der Waals surface area contributed by atoms with Crippen molar-refractivity contribution in [3.8, 4) is 5.69 Å². The molecule has 1 unspecified atom stereocenters. The molecule has 0 radical (unpaired) electrons. The molecule has 1 amide bonds. The zero-order chi connectivity index (χ0) is 18.0. The number of hydrogen-bond donors (Lipinski definition) is 2. The van der Waals surface area contributed by atoms with Gasteiger partial charge in [-0.3, -0.25) is 4.79 Å². The maximum absolute atomic E-state index is 12.9. The van der Waals surface area contributed by atoms with Gasteiger partial charge in [0.25, 0.3) is 5.91 Å². The highest BCUT2D eigenvalue weighted by atomic mass is 35.5. The molecule has 3 rings (SSSR count). The summed E-state index contributed by atoms with van der Waals surface area (Å²) < 4.78 is 1.81. The van der Waals surface area contributed by atoms with Gasteiger partial charge in [0.2, 0.25) is 0 Å². The summed E-state index contributed by atoms with van der Waals surface area (Å²) in [6.45, 7) is 10.2. The molecule has 0 saturated carbocycles. The number of halogens is 1. The fourth-order valence-electron chi connectivity index (χ4n) is 3.16. The molecule has 1 fully saturated rings. The summed E-state index contributed by atoms with van der Waals surface area (Å²) in [5.74, 6) is -0.0306. The molecule has 1 saturated heterocycles. The lowest BCUT2D eigenvalue weighted by atomic mass is 9.89. The molecule has 0 bridgehead atoms. The van der Waals surface area contributed by atoms with E-state index in [0.717, 1.165) is 37.3 Å². The Morgan fingerprint density at radius 1 is 1.27 bits per heavy atom. The second-order valence-electron chi connectivity index (χ2n) is 7.94. The first-order valence-corrected chi connectivity index (χ1v) is 9.03. The highest BCUT2D eigenvalue weighted by Crippen LogP contribution is 2.26. The summed E-state index contributed by atoms with van der Waals surface area (Å²) in [5, 5.41) is 11.2. The molecular formula is C20H29ClN4O. The third kappa shape index (κ3) is 4.65. The van der Waals surface area contributed by atoms with Gasteiger partial charge in [-0.1, -0.05) is 38.5 Å². The number of nitrogens with zero attached hydrogens (tertiary/aromatic N) is 2. The van der Waals surface area contributed by atoms with Crippen LogP contribution in [0.3, 0.4) is 0 Å². The Hall–Kier alpha value is -1.85. The van der Waals surface area contributed by atoms with Crippen molar-refractivity contribution in [3.63, 3.8) is 0 Å². The smallest absolute Gasteiger partial charge is 0.255 e. The third-order valence-electron chi connectivity index (χ3n) is 4.60. The van der Waals surface area contributed by atoms with Crippen molar-refractivity contribution in [2.24, 2.45) is 0 Å². The van der Waals surface area contributed by atoms with Crippen LogP contribution < -0.4 is 10.6 Å². The molecular weight excluding hydrogens is 348 g/mol. The van der Waals surface area contributed by atoms with E-state index < -0.39 is 0 Å². The molecule has 1 aromatic carbocycles. The Balaban J connectivity index is 0.00000243. The highest BCUT2D eigenvalue weighted by Gasteiger charge is 2.28. The number of amides is 1. The Morgan fingerprint density at radius 3 is 2.54 bits per heavy atom. The minimum absolute atomic E-state index is 0. The lowest BCUT2D eigenvalue weighted by molar-refractivity contribution is 0.0928. The molecule has 5 nitrogen and oxygen atoms in total. The van der Waals surface area contributed by atoms with E-state index in [1.807, 2.05) is 23.0 Å². The van der Waals surface area contributed by atoms with Crippen molar-refractivity contribution in [2.45, 2.75) is 52.0 Å². The molecule has 142 valence electrons. The number of aromatic nitrogens is 2. The summed E-state index contributed by atoms with van der Waals surface area (Å²) in [6.07, 6.45) is 3.98. The number of carbonyl (C=O) groups is 1. The second-order valence-corrected chi connectivity index (χ2v) is 7.94. The van der Waals surface area contributed by atoms with E-state index >= 15 is 0 Å². The van der Waals surface area contributed by atoms with Crippen molar-refractivity contribution in [2.75, 3.05) is 13.1 Å². The minimum atomic E-state index is -0.201. The van der Waals surface area contributed by atoms with Gasteiger partial charge >= 0.3 is 0 Å². The molecule has 1 aliphatic heterocycles. The molecule has 2 aromatic rings. The Bertz CT molecular complexity index is 740. The predicted octanol–water partition coefficient (Wildman–Crippen LogP) is 3.38. The van der Waals surface area contributed by atoms with E-state index in [0.29, 0.717) is 5.56 Å². The van der Waals surface area contributed by atoms with Crippen LogP contribution in [0.1, 0.15) is 55.2 Å². The highest BCUT2D eigenvalue weighted by molar-refractivity contribution is 5.95. The summed E-state index contributed by atoms with van der Waals surface area (Å²) in [4.78, 5) is 12.9. The molecule has 0 spiro atoms. The molecule has 6 heteroatoms. The first-order chi connectivity index (χ1) is 11.8. The molecule has 0 aliphatic carbocycles. The van der Waals surface area contributed by atoms with Crippen molar-refractivity contribution >= 4 is 18.3 Å². The fraction of sp³-hybridized carbons (Fsp3) is 0.500. The van der Waals surface area contributed by atoms with Crippen LogP contribution in [-0.2, 0) is 5.41 Å². The molecule has 1 aromatic heterocycles. The quantitative estimate of drug-likeness (QED) is 0.863. The third-order valence-corrected chi connectivity index (χ3v) is 4.60. The minimum Gasteiger partial charge on any atom is -0.348 e. The van der Waals surface area contributed by atoms with E-state index in [1.165, 1.54) is 5.56 Å². The Kier molecular flexibility index (Phi) is 6.48. The van der Waals surface area contributed by atoms with Gasteiger partial charge in [-0.25, -0.2) is 4.68 Å². The van der Waals surface area contributed by atoms with Crippen LogP contribution in [0.15, 0.2) is 30.5 Å². The number of hydrogen-bond acceptors (Lipinski definition) is 3. The lowest BCUT2D eigenvalue weighted by Crippen LogP contribution is -2.45.